The van der Waals surface area contributed by atoms with Crippen LogP contribution in [0.5, 0.6) is 0 Å². The zero-order valence-corrected chi connectivity index (χ0v) is 7.36. The molecule has 0 aromatic rings. The summed E-state index contributed by atoms with van der Waals surface area (Å²) < 4.78 is 0. The second-order valence-corrected chi connectivity index (χ2v) is 4.07. The van der Waals surface area contributed by atoms with Crippen LogP contribution in [-0.4, -0.2) is 35.6 Å². The molecule has 1 aliphatic heterocycles. The average Bonchev–Trinajstić information content (AvgIpc) is 2.80. The Labute approximate surface area is 72.4 Å². The Kier molecular flexibility index (Phi) is 1.83. The summed E-state index contributed by atoms with van der Waals surface area (Å²) in [6.45, 7) is 0.747. The summed E-state index contributed by atoms with van der Waals surface area (Å²) >= 11 is 0. The highest BCUT2D eigenvalue weighted by Crippen LogP contribution is 2.38. The van der Waals surface area contributed by atoms with E-state index in [4.69, 9.17) is 0 Å². The van der Waals surface area contributed by atoms with Crippen molar-refractivity contribution < 1.29 is 9.90 Å². The summed E-state index contributed by atoms with van der Waals surface area (Å²) in [5.41, 5.74) is 0. The number of aliphatic hydroxyl groups excluding tert-OH is 1. The van der Waals surface area contributed by atoms with Crippen LogP contribution >= 0.6 is 0 Å². The maximum atomic E-state index is 11.1. The lowest BCUT2D eigenvalue weighted by atomic mass is 9.98. The van der Waals surface area contributed by atoms with E-state index in [0.29, 0.717) is 12.3 Å². The first-order chi connectivity index (χ1) is 5.68. The summed E-state index contributed by atoms with van der Waals surface area (Å²) in [7, 11) is 1.81. The SMILES string of the molecule is CN1CC(C(O)C2CC2)CC1=O. The summed E-state index contributed by atoms with van der Waals surface area (Å²) in [4.78, 5) is 12.9. The van der Waals surface area contributed by atoms with Crippen molar-refractivity contribution in [3.63, 3.8) is 0 Å². The minimum atomic E-state index is -0.223. The van der Waals surface area contributed by atoms with E-state index in [1.165, 1.54) is 0 Å². The fourth-order valence-corrected chi connectivity index (χ4v) is 1.95. The fourth-order valence-electron chi connectivity index (χ4n) is 1.95. The zero-order chi connectivity index (χ0) is 8.72. The maximum absolute atomic E-state index is 11.1. The van der Waals surface area contributed by atoms with E-state index in [-0.39, 0.29) is 17.9 Å². The highest BCUT2D eigenvalue weighted by Gasteiger charge is 2.40. The Morgan fingerprint density at radius 3 is 2.58 bits per heavy atom. The van der Waals surface area contributed by atoms with Crippen molar-refractivity contribution in [1.82, 2.24) is 4.90 Å². The van der Waals surface area contributed by atoms with E-state index in [0.717, 1.165) is 19.4 Å². The lowest BCUT2D eigenvalue weighted by Crippen LogP contribution is -2.25. The third-order valence-electron chi connectivity index (χ3n) is 2.96. The Hall–Kier alpha value is -0.570. The first kappa shape index (κ1) is 8.05. The van der Waals surface area contributed by atoms with Crippen LogP contribution in [-0.2, 0) is 4.79 Å². The zero-order valence-electron chi connectivity index (χ0n) is 7.36. The van der Waals surface area contributed by atoms with Gasteiger partial charge in [-0.1, -0.05) is 0 Å². The molecule has 2 rings (SSSR count). The van der Waals surface area contributed by atoms with Crippen molar-refractivity contribution in [3.8, 4) is 0 Å². The third kappa shape index (κ3) is 1.33. The molecule has 0 radical (unpaired) electrons. The topological polar surface area (TPSA) is 40.5 Å². The molecule has 68 valence electrons. The van der Waals surface area contributed by atoms with Gasteiger partial charge in [0.1, 0.15) is 0 Å². The molecule has 2 unspecified atom stereocenters. The van der Waals surface area contributed by atoms with E-state index < -0.39 is 0 Å². The van der Waals surface area contributed by atoms with Crippen LogP contribution in [0.3, 0.4) is 0 Å². The molecule has 2 fully saturated rings. The number of hydrogen-bond donors (Lipinski definition) is 1. The standard InChI is InChI=1S/C9H15NO2/c1-10-5-7(4-8(10)11)9(12)6-2-3-6/h6-7,9,12H,2-5H2,1H3. The third-order valence-corrected chi connectivity index (χ3v) is 2.96. The van der Waals surface area contributed by atoms with E-state index in [2.05, 4.69) is 0 Å². The van der Waals surface area contributed by atoms with Crippen LogP contribution in [0.1, 0.15) is 19.3 Å². The molecule has 1 amide bonds. The van der Waals surface area contributed by atoms with Gasteiger partial charge in [0.2, 0.25) is 5.91 Å². The van der Waals surface area contributed by atoms with Crippen molar-refractivity contribution in [2.75, 3.05) is 13.6 Å². The van der Waals surface area contributed by atoms with Crippen LogP contribution in [0.25, 0.3) is 0 Å². The van der Waals surface area contributed by atoms with Crippen molar-refractivity contribution >= 4 is 5.91 Å². The number of likely N-dealkylation sites (tertiary alicyclic amines) is 1. The number of carbonyl (C=O) groups is 1. The summed E-state index contributed by atoms with van der Waals surface area (Å²) in [5, 5.41) is 9.75. The number of rotatable bonds is 2. The Bertz CT molecular complexity index is 201. The van der Waals surface area contributed by atoms with Gasteiger partial charge in [0.25, 0.3) is 0 Å². The highest BCUT2D eigenvalue weighted by molar-refractivity contribution is 5.78. The van der Waals surface area contributed by atoms with Crippen LogP contribution < -0.4 is 0 Å². The molecule has 3 heteroatoms. The minimum Gasteiger partial charge on any atom is -0.392 e. The molecule has 2 atom stereocenters. The van der Waals surface area contributed by atoms with Gasteiger partial charge in [-0.25, -0.2) is 0 Å². The van der Waals surface area contributed by atoms with Gasteiger partial charge >= 0.3 is 0 Å². The predicted octanol–water partition coefficient (Wildman–Crippen LogP) is 0.236. The van der Waals surface area contributed by atoms with Gasteiger partial charge in [0.15, 0.2) is 0 Å². The molecule has 3 nitrogen and oxygen atoms in total. The average molecular weight is 169 g/mol. The molecule has 0 bridgehead atoms. The van der Waals surface area contributed by atoms with Gasteiger partial charge in [0.05, 0.1) is 6.10 Å². The van der Waals surface area contributed by atoms with Gasteiger partial charge < -0.3 is 10.0 Å². The summed E-state index contributed by atoms with van der Waals surface area (Å²) in [6.07, 6.45) is 2.62. The quantitative estimate of drug-likeness (QED) is 0.643. The molecule has 12 heavy (non-hydrogen) atoms. The molecule has 0 aromatic carbocycles. The smallest absolute Gasteiger partial charge is 0.222 e. The van der Waals surface area contributed by atoms with E-state index >= 15 is 0 Å². The van der Waals surface area contributed by atoms with Crippen molar-refractivity contribution in [2.24, 2.45) is 11.8 Å². The Morgan fingerprint density at radius 2 is 2.17 bits per heavy atom. The van der Waals surface area contributed by atoms with Crippen molar-refractivity contribution in [1.29, 1.82) is 0 Å². The molecule has 1 saturated carbocycles. The maximum Gasteiger partial charge on any atom is 0.222 e. The molecule has 1 aliphatic carbocycles. The lowest BCUT2D eigenvalue weighted by molar-refractivity contribution is -0.126. The first-order valence-electron chi connectivity index (χ1n) is 4.60. The molecule has 1 N–H and O–H groups in total. The Morgan fingerprint density at radius 1 is 1.50 bits per heavy atom. The van der Waals surface area contributed by atoms with Gasteiger partial charge in [0, 0.05) is 25.9 Å². The number of amides is 1. The van der Waals surface area contributed by atoms with Gasteiger partial charge in [-0.2, -0.15) is 0 Å². The number of hydrogen-bond acceptors (Lipinski definition) is 2. The van der Waals surface area contributed by atoms with Crippen molar-refractivity contribution in [2.45, 2.75) is 25.4 Å². The van der Waals surface area contributed by atoms with E-state index in [9.17, 15) is 9.90 Å². The van der Waals surface area contributed by atoms with Gasteiger partial charge in [-0.3, -0.25) is 4.79 Å². The first-order valence-corrected chi connectivity index (χ1v) is 4.60. The molecule has 0 aromatic heterocycles. The summed E-state index contributed by atoms with van der Waals surface area (Å²) in [6, 6.07) is 0. The summed E-state index contributed by atoms with van der Waals surface area (Å²) in [5.74, 6) is 0.879. The molecular formula is C9H15NO2. The van der Waals surface area contributed by atoms with Gasteiger partial charge in [-0.05, 0) is 18.8 Å². The van der Waals surface area contributed by atoms with Gasteiger partial charge in [-0.15, -0.1) is 0 Å². The van der Waals surface area contributed by atoms with E-state index in [1.54, 1.807) is 4.90 Å². The Balaban J connectivity index is 1.93. The second-order valence-electron chi connectivity index (χ2n) is 4.07. The molecule has 0 spiro atoms. The fraction of sp³-hybridized carbons (Fsp3) is 0.889. The lowest BCUT2D eigenvalue weighted by Gasteiger charge is -2.16. The second kappa shape index (κ2) is 2.73. The van der Waals surface area contributed by atoms with Crippen LogP contribution in [0, 0.1) is 11.8 Å². The monoisotopic (exact) mass is 169 g/mol. The van der Waals surface area contributed by atoms with E-state index in [1.807, 2.05) is 7.05 Å². The normalized spacial score (nSPS) is 32.7. The predicted molar refractivity (Wildman–Crippen MR) is 44.5 cm³/mol. The molecule has 2 aliphatic rings. The minimum absolute atomic E-state index is 0.180. The van der Waals surface area contributed by atoms with Crippen molar-refractivity contribution in [3.05, 3.63) is 0 Å². The van der Waals surface area contributed by atoms with Crippen LogP contribution in [0.2, 0.25) is 0 Å². The highest BCUT2D eigenvalue weighted by atomic mass is 16.3. The number of carbonyl (C=O) groups excluding carboxylic acids is 1. The van der Waals surface area contributed by atoms with Crippen LogP contribution in [0.4, 0.5) is 0 Å². The number of nitrogens with zero attached hydrogens (tertiary/aromatic N) is 1. The molecule has 1 saturated heterocycles. The molecular weight excluding hydrogens is 154 g/mol. The number of aliphatic hydroxyl groups is 1. The molecule has 1 heterocycles. The largest absolute Gasteiger partial charge is 0.392 e. The van der Waals surface area contributed by atoms with Crippen LogP contribution in [0.15, 0.2) is 0 Å².